The Kier molecular flexibility index (Phi) is 4.20. The Hall–Kier alpha value is -1.91. The van der Waals surface area contributed by atoms with Gasteiger partial charge in [-0.1, -0.05) is 20.8 Å². The standard InChI is InChI=1S/C12H16N2O3/c1-7(2)8(3)11(15)14-9-5-4-6-13-10(9)12(16)17/h4-8H,1-3H3,(H,14,15)(H,16,17). The van der Waals surface area contributed by atoms with Crippen LogP contribution in [0.15, 0.2) is 18.3 Å². The van der Waals surface area contributed by atoms with Gasteiger partial charge in [0, 0.05) is 12.1 Å². The first-order chi connectivity index (χ1) is 7.93. The van der Waals surface area contributed by atoms with Crippen molar-refractivity contribution >= 4 is 17.6 Å². The van der Waals surface area contributed by atoms with Crippen molar-refractivity contribution in [1.29, 1.82) is 0 Å². The molecule has 1 unspecified atom stereocenters. The van der Waals surface area contributed by atoms with E-state index in [4.69, 9.17) is 5.11 Å². The molecule has 0 aliphatic heterocycles. The molecular formula is C12H16N2O3. The third-order valence-electron chi connectivity index (χ3n) is 2.68. The van der Waals surface area contributed by atoms with Gasteiger partial charge in [-0.3, -0.25) is 4.79 Å². The molecule has 0 saturated carbocycles. The summed E-state index contributed by atoms with van der Waals surface area (Å²) in [7, 11) is 0. The van der Waals surface area contributed by atoms with Gasteiger partial charge >= 0.3 is 5.97 Å². The molecule has 1 rings (SSSR count). The van der Waals surface area contributed by atoms with Gasteiger partial charge in [0.15, 0.2) is 5.69 Å². The first kappa shape index (κ1) is 13.2. The van der Waals surface area contributed by atoms with Gasteiger partial charge in [0.05, 0.1) is 5.69 Å². The molecule has 1 atom stereocenters. The minimum Gasteiger partial charge on any atom is -0.476 e. The van der Waals surface area contributed by atoms with Crippen molar-refractivity contribution in [2.45, 2.75) is 20.8 Å². The molecule has 0 aliphatic rings. The molecule has 1 aromatic heterocycles. The Bertz CT molecular complexity index is 430. The van der Waals surface area contributed by atoms with Gasteiger partial charge in [-0.25, -0.2) is 9.78 Å². The van der Waals surface area contributed by atoms with Crippen LogP contribution >= 0.6 is 0 Å². The van der Waals surface area contributed by atoms with Crippen molar-refractivity contribution < 1.29 is 14.7 Å². The van der Waals surface area contributed by atoms with Crippen LogP contribution in [0.5, 0.6) is 0 Å². The minimum atomic E-state index is -1.15. The summed E-state index contributed by atoms with van der Waals surface area (Å²) < 4.78 is 0. The zero-order chi connectivity index (χ0) is 13.0. The van der Waals surface area contributed by atoms with Gasteiger partial charge in [-0.05, 0) is 18.1 Å². The number of pyridine rings is 1. The Morgan fingerprint density at radius 2 is 2.00 bits per heavy atom. The van der Waals surface area contributed by atoms with Crippen molar-refractivity contribution in [2.75, 3.05) is 5.32 Å². The van der Waals surface area contributed by atoms with Crippen LogP contribution in [0.25, 0.3) is 0 Å². The smallest absolute Gasteiger partial charge is 0.356 e. The number of aromatic carboxylic acids is 1. The first-order valence-electron chi connectivity index (χ1n) is 5.42. The van der Waals surface area contributed by atoms with E-state index in [1.165, 1.54) is 12.3 Å². The maximum absolute atomic E-state index is 11.8. The number of carboxylic acid groups (broad SMARTS) is 1. The predicted octanol–water partition coefficient (Wildman–Crippen LogP) is 2.01. The highest BCUT2D eigenvalue weighted by atomic mass is 16.4. The predicted molar refractivity (Wildman–Crippen MR) is 63.8 cm³/mol. The number of hydrogen-bond donors (Lipinski definition) is 2. The second-order valence-electron chi connectivity index (χ2n) is 4.23. The highest BCUT2D eigenvalue weighted by Crippen LogP contribution is 2.16. The van der Waals surface area contributed by atoms with E-state index in [-0.39, 0.29) is 29.1 Å². The van der Waals surface area contributed by atoms with Gasteiger partial charge in [0.25, 0.3) is 0 Å². The van der Waals surface area contributed by atoms with Crippen LogP contribution in [0.4, 0.5) is 5.69 Å². The van der Waals surface area contributed by atoms with E-state index in [1.54, 1.807) is 13.0 Å². The third-order valence-corrected chi connectivity index (χ3v) is 2.68. The fraction of sp³-hybridized carbons (Fsp3) is 0.417. The molecule has 1 amide bonds. The molecular weight excluding hydrogens is 220 g/mol. The van der Waals surface area contributed by atoms with Crippen LogP contribution in [-0.4, -0.2) is 22.0 Å². The van der Waals surface area contributed by atoms with Crippen molar-refractivity contribution in [1.82, 2.24) is 4.98 Å². The monoisotopic (exact) mass is 236 g/mol. The fourth-order valence-corrected chi connectivity index (χ4v) is 1.23. The second kappa shape index (κ2) is 5.43. The van der Waals surface area contributed by atoms with Crippen LogP contribution in [0.2, 0.25) is 0 Å². The van der Waals surface area contributed by atoms with Crippen LogP contribution in [0.3, 0.4) is 0 Å². The van der Waals surface area contributed by atoms with Gasteiger partial charge in [0.2, 0.25) is 5.91 Å². The Labute approximate surface area is 99.9 Å². The van der Waals surface area contributed by atoms with Crippen LogP contribution in [0.1, 0.15) is 31.3 Å². The Morgan fingerprint density at radius 3 is 2.53 bits per heavy atom. The zero-order valence-electron chi connectivity index (χ0n) is 10.1. The zero-order valence-corrected chi connectivity index (χ0v) is 10.1. The lowest BCUT2D eigenvalue weighted by Gasteiger charge is -2.15. The first-order valence-corrected chi connectivity index (χ1v) is 5.42. The number of carbonyl (C=O) groups is 2. The molecule has 0 saturated heterocycles. The van der Waals surface area contributed by atoms with Crippen LogP contribution in [0, 0.1) is 11.8 Å². The molecule has 0 bridgehead atoms. The summed E-state index contributed by atoms with van der Waals surface area (Å²) in [5, 5.41) is 11.5. The van der Waals surface area contributed by atoms with Crippen molar-refractivity contribution in [3.63, 3.8) is 0 Å². The Balaban J connectivity index is 2.89. The lowest BCUT2D eigenvalue weighted by atomic mass is 9.97. The van der Waals surface area contributed by atoms with Crippen molar-refractivity contribution in [3.05, 3.63) is 24.0 Å². The molecule has 0 radical (unpaired) electrons. The molecule has 0 aliphatic carbocycles. The molecule has 0 fully saturated rings. The fourth-order valence-electron chi connectivity index (χ4n) is 1.23. The number of carboxylic acids is 1. The average molecular weight is 236 g/mol. The van der Waals surface area contributed by atoms with Gasteiger partial charge in [-0.15, -0.1) is 0 Å². The maximum Gasteiger partial charge on any atom is 0.356 e. The molecule has 5 nitrogen and oxygen atoms in total. The summed E-state index contributed by atoms with van der Waals surface area (Å²) in [5.41, 5.74) is 0.0920. The topological polar surface area (TPSA) is 79.3 Å². The number of nitrogens with one attached hydrogen (secondary N) is 1. The molecule has 0 spiro atoms. The highest BCUT2D eigenvalue weighted by molar-refractivity contribution is 5.99. The van der Waals surface area contributed by atoms with Gasteiger partial charge in [-0.2, -0.15) is 0 Å². The largest absolute Gasteiger partial charge is 0.476 e. The molecule has 0 aromatic carbocycles. The molecule has 2 N–H and O–H groups in total. The van der Waals surface area contributed by atoms with Crippen molar-refractivity contribution in [3.8, 4) is 0 Å². The molecule has 1 aromatic rings. The summed E-state index contributed by atoms with van der Waals surface area (Å²) in [4.78, 5) is 26.4. The summed E-state index contributed by atoms with van der Waals surface area (Å²) in [6.45, 7) is 5.67. The van der Waals surface area contributed by atoms with Crippen LogP contribution < -0.4 is 5.32 Å². The van der Waals surface area contributed by atoms with Crippen molar-refractivity contribution in [2.24, 2.45) is 11.8 Å². The molecule has 92 valence electrons. The van der Waals surface area contributed by atoms with E-state index in [1.807, 2.05) is 13.8 Å². The van der Waals surface area contributed by atoms with E-state index in [2.05, 4.69) is 10.3 Å². The molecule has 5 heteroatoms. The summed E-state index contributed by atoms with van der Waals surface area (Å²) in [6, 6.07) is 3.11. The second-order valence-corrected chi connectivity index (χ2v) is 4.23. The Morgan fingerprint density at radius 1 is 1.35 bits per heavy atom. The summed E-state index contributed by atoms with van der Waals surface area (Å²) in [6.07, 6.45) is 1.38. The number of carbonyl (C=O) groups excluding carboxylic acids is 1. The number of nitrogens with zero attached hydrogens (tertiary/aromatic N) is 1. The molecule has 17 heavy (non-hydrogen) atoms. The lowest BCUT2D eigenvalue weighted by Crippen LogP contribution is -2.25. The van der Waals surface area contributed by atoms with E-state index < -0.39 is 5.97 Å². The van der Waals surface area contributed by atoms with Gasteiger partial charge in [0.1, 0.15) is 0 Å². The van der Waals surface area contributed by atoms with Gasteiger partial charge < -0.3 is 10.4 Å². The third kappa shape index (κ3) is 3.27. The maximum atomic E-state index is 11.8. The lowest BCUT2D eigenvalue weighted by molar-refractivity contribution is -0.120. The number of hydrogen-bond acceptors (Lipinski definition) is 3. The SMILES string of the molecule is CC(C)C(C)C(=O)Nc1cccnc1C(=O)O. The number of rotatable bonds is 4. The van der Waals surface area contributed by atoms with E-state index in [0.717, 1.165) is 0 Å². The molecule has 1 heterocycles. The van der Waals surface area contributed by atoms with E-state index in [9.17, 15) is 9.59 Å². The van der Waals surface area contributed by atoms with Crippen LogP contribution in [-0.2, 0) is 4.79 Å². The van der Waals surface area contributed by atoms with E-state index >= 15 is 0 Å². The number of aromatic nitrogens is 1. The number of anilines is 1. The van der Waals surface area contributed by atoms with E-state index in [0.29, 0.717) is 0 Å². The number of amides is 1. The summed E-state index contributed by atoms with van der Waals surface area (Å²) in [5.74, 6) is -1.34. The minimum absolute atomic E-state index is 0.142. The normalized spacial score (nSPS) is 12.2. The summed E-state index contributed by atoms with van der Waals surface area (Å²) >= 11 is 0. The quantitative estimate of drug-likeness (QED) is 0.838. The average Bonchev–Trinajstić information content (AvgIpc) is 2.28. The highest BCUT2D eigenvalue weighted by Gasteiger charge is 2.19.